The number of benzene rings is 2. The Balaban J connectivity index is 1.96. The summed E-state index contributed by atoms with van der Waals surface area (Å²) in [6.45, 7) is 0. The number of amides is 1. The molecule has 0 bridgehead atoms. The minimum atomic E-state index is -4.60. The van der Waals surface area contributed by atoms with E-state index < -0.39 is 29.3 Å². The van der Waals surface area contributed by atoms with Gasteiger partial charge in [0.1, 0.15) is 0 Å². The van der Waals surface area contributed by atoms with Crippen molar-refractivity contribution >= 4 is 28.8 Å². The van der Waals surface area contributed by atoms with Gasteiger partial charge in [-0.15, -0.1) is 11.3 Å². The molecule has 3 aromatic rings. The number of hydrogen-bond acceptors (Lipinski definition) is 2. The molecule has 1 heterocycles. The van der Waals surface area contributed by atoms with Gasteiger partial charge in [0.25, 0.3) is 5.91 Å². The Morgan fingerprint density at radius 2 is 1.69 bits per heavy atom. The van der Waals surface area contributed by atoms with Crippen LogP contribution in [-0.2, 0) is 6.18 Å². The van der Waals surface area contributed by atoms with Gasteiger partial charge in [-0.25, -0.2) is 0 Å². The summed E-state index contributed by atoms with van der Waals surface area (Å²) in [5.41, 5.74) is -0.635. The van der Waals surface area contributed by atoms with Crippen molar-refractivity contribution in [1.82, 2.24) is 5.32 Å². The maximum absolute atomic E-state index is 13.2. The predicted molar refractivity (Wildman–Crippen MR) is 96.5 cm³/mol. The molecule has 0 saturated carbocycles. The second-order valence-corrected chi connectivity index (χ2v) is 6.93. The van der Waals surface area contributed by atoms with E-state index in [0.29, 0.717) is 5.02 Å². The SMILES string of the molecule is O=C(NC(c1ccc(Cl)cc1)c1cccs1)c1ccccc1C(F)(F)F. The maximum atomic E-state index is 13.2. The first-order valence-corrected chi connectivity index (χ1v) is 8.88. The van der Waals surface area contributed by atoms with Crippen molar-refractivity contribution in [3.8, 4) is 0 Å². The molecule has 1 aromatic heterocycles. The topological polar surface area (TPSA) is 29.1 Å². The van der Waals surface area contributed by atoms with Gasteiger partial charge < -0.3 is 5.32 Å². The molecular weight excluding hydrogens is 383 g/mol. The fourth-order valence-corrected chi connectivity index (χ4v) is 3.50. The monoisotopic (exact) mass is 395 g/mol. The van der Waals surface area contributed by atoms with Crippen LogP contribution in [0, 0.1) is 0 Å². The standard InChI is InChI=1S/C19H13ClF3NOS/c20-13-9-7-12(8-10-13)17(16-6-3-11-26-16)24-18(25)14-4-1-2-5-15(14)19(21,22)23/h1-11,17H,(H,24,25). The van der Waals surface area contributed by atoms with Gasteiger partial charge in [0, 0.05) is 9.90 Å². The highest BCUT2D eigenvalue weighted by Gasteiger charge is 2.35. The number of carbonyl (C=O) groups is 1. The molecule has 1 atom stereocenters. The first kappa shape index (κ1) is 18.5. The molecular formula is C19H13ClF3NOS. The van der Waals surface area contributed by atoms with Gasteiger partial charge in [0.05, 0.1) is 17.2 Å². The van der Waals surface area contributed by atoms with Gasteiger partial charge in [0.2, 0.25) is 0 Å². The Labute approximate surface area is 157 Å². The number of carbonyl (C=O) groups excluding carboxylic acids is 1. The summed E-state index contributed by atoms with van der Waals surface area (Å²) in [6.07, 6.45) is -4.60. The van der Waals surface area contributed by atoms with E-state index in [0.717, 1.165) is 16.5 Å². The van der Waals surface area contributed by atoms with Crippen molar-refractivity contribution in [2.45, 2.75) is 12.2 Å². The second-order valence-electron chi connectivity index (χ2n) is 5.52. The van der Waals surface area contributed by atoms with Crippen LogP contribution < -0.4 is 5.32 Å². The molecule has 7 heteroatoms. The summed E-state index contributed by atoms with van der Waals surface area (Å²) in [5, 5.41) is 5.09. The Kier molecular flexibility index (Phi) is 5.34. The normalized spacial score (nSPS) is 12.6. The lowest BCUT2D eigenvalue weighted by Crippen LogP contribution is -2.30. The summed E-state index contributed by atoms with van der Waals surface area (Å²) < 4.78 is 39.6. The molecule has 0 aliphatic rings. The predicted octanol–water partition coefficient (Wildman–Crippen LogP) is 5.94. The molecule has 0 spiro atoms. The van der Waals surface area contributed by atoms with Crippen LogP contribution in [0.5, 0.6) is 0 Å². The van der Waals surface area contributed by atoms with Crippen LogP contribution in [0.4, 0.5) is 13.2 Å². The van der Waals surface area contributed by atoms with E-state index in [4.69, 9.17) is 11.6 Å². The number of nitrogens with one attached hydrogen (secondary N) is 1. The lowest BCUT2D eigenvalue weighted by Gasteiger charge is -2.20. The second kappa shape index (κ2) is 7.51. The van der Waals surface area contributed by atoms with Crippen molar-refractivity contribution in [3.63, 3.8) is 0 Å². The minimum absolute atomic E-state index is 0.407. The third kappa shape index (κ3) is 4.08. The van der Waals surface area contributed by atoms with E-state index >= 15 is 0 Å². The molecule has 0 aliphatic carbocycles. The summed E-state index contributed by atoms with van der Waals surface area (Å²) in [4.78, 5) is 13.4. The van der Waals surface area contributed by atoms with Crippen LogP contribution in [0.25, 0.3) is 0 Å². The van der Waals surface area contributed by atoms with Gasteiger partial charge in [-0.3, -0.25) is 4.79 Å². The molecule has 2 nitrogen and oxygen atoms in total. The zero-order chi connectivity index (χ0) is 18.7. The number of thiophene rings is 1. The molecule has 0 fully saturated rings. The van der Waals surface area contributed by atoms with Gasteiger partial charge in [-0.2, -0.15) is 13.2 Å². The van der Waals surface area contributed by atoms with Crippen LogP contribution in [0.15, 0.2) is 66.0 Å². The highest BCUT2D eigenvalue weighted by Crippen LogP contribution is 2.33. The third-order valence-electron chi connectivity index (χ3n) is 3.78. The molecule has 0 radical (unpaired) electrons. The van der Waals surface area contributed by atoms with E-state index in [9.17, 15) is 18.0 Å². The van der Waals surface area contributed by atoms with E-state index in [1.54, 1.807) is 24.3 Å². The van der Waals surface area contributed by atoms with Gasteiger partial charge in [-0.05, 0) is 41.3 Å². The summed E-state index contributed by atoms with van der Waals surface area (Å²) in [7, 11) is 0. The van der Waals surface area contributed by atoms with Crippen LogP contribution in [-0.4, -0.2) is 5.91 Å². The fourth-order valence-electron chi connectivity index (χ4n) is 2.57. The number of halogens is 4. The van der Waals surface area contributed by atoms with Crippen molar-refractivity contribution in [2.75, 3.05) is 0 Å². The fraction of sp³-hybridized carbons (Fsp3) is 0.105. The number of hydrogen-bond donors (Lipinski definition) is 1. The van der Waals surface area contributed by atoms with Crippen LogP contribution >= 0.6 is 22.9 Å². The maximum Gasteiger partial charge on any atom is 0.417 e. The molecule has 3 rings (SSSR count). The molecule has 0 aliphatic heterocycles. The molecule has 26 heavy (non-hydrogen) atoms. The molecule has 134 valence electrons. The van der Waals surface area contributed by atoms with Crippen LogP contribution in [0.1, 0.15) is 32.4 Å². The molecule has 1 amide bonds. The molecule has 1 unspecified atom stereocenters. The summed E-state index contributed by atoms with van der Waals surface area (Å²) in [6, 6.07) is 14.6. The van der Waals surface area contributed by atoms with E-state index in [1.165, 1.54) is 29.5 Å². The average Bonchev–Trinajstić information content (AvgIpc) is 3.14. The van der Waals surface area contributed by atoms with Gasteiger partial charge >= 0.3 is 6.18 Å². The van der Waals surface area contributed by atoms with E-state index in [-0.39, 0.29) is 0 Å². The van der Waals surface area contributed by atoms with Gasteiger partial charge in [-0.1, -0.05) is 41.9 Å². The van der Waals surface area contributed by atoms with Crippen molar-refractivity contribution in [2.24, 2.45) is 0 Å². The molecule has 0 saturated heterocycles. The first-order chi connectivity index (χ1) is 12.4. The van der Waals surface area contributed by atoms with Crippen molar-refractivity contribution < 1.29 is 18.0 Å². The number of alkyl halides is 3. The van der Waals surface area contributed by atoms with Crippen molar-refractivity contribution in [1.29, 1.82) is 0 Å². The Bertz CT molecular complexity index is 892. The number of rotatable bonds is 4. The Morgan fingerprint density at radius 1 is 1.00 bits per heavy atom. The zero-order valence-electron chi connectivity index (χ0n) is 13.3. The lowest BCUT2D eigenvalue weighted by molar-refractivity contribution is -0.137. The minimum Gasteiger partial charge on any atom is -0.340 e. The smallest absolute Gasteiger partial charge is 0.340 e. The van der Waals surface area contributed by atoms with Crippen LogP contribution in [0.2, 0.25) is 5.02 Å². The largest absolute Gasteiger partial charge is 0.417 e. The van der Waals surface area contributed by atoms with Crippen molar-refractivity contribution in [3.05, 3.63) is 92.6 Å². The average molecular weight is 396 g/mol. The highest BCUT2D eigenvalue weighted by atomic mass is 35.5. The molecule has 2 aromatic carbocycles. The third-order valence-corrected chi connectivity index (χ3v) is 4.97. The highest BCUT2D eigenvalue weighted by molar-refractivity contribution is 7.10. The summed E-state index contributed by atoms with van der Waals surface area (Å²) >= 11 is 7.31. The quantitative estimate of drug-likeness (QED) is 0.582. The van der Waals surface area contributed by atoms with E-state index in [2.05, 4.69) is 5.32 Å². The first-order valence-electron chi connectivity index (χ1n) is 7.62. The Hall–Kier alpha value is -2.31. The lowest BCUT2D eigenvalue weighted by atomic mass is 10.0. The molecule has 1 N–H and O–H groups in total. The van der Waals surface area contributed by atoms with Crippen LogP contribution in [0.3, 0.4) is 0 Å². The zero-order valence-corrected chi connectivity index (χ0v) is 14.8. The summed E-state index contributed by atoms with van der Waals surface area (Å²) in [5.74, 6) is -0.786. The Morgan fingerprint density at radius 3 is 2.31 bits per heavy atom. The van der Waals surface area contributed by atoms with Gasteiger partial charge in [0.15, 0.2) is 0 Å². The van der Waals surface area contributed by atoms with E-state index in [1.807, 2.05) is 17.5 Å².